The molecule has 0 amide bonds. The SMILES string of the molecule is CCCn1nnnc1Cn1nnc(-c2ccc(C)cc2)n1. The van der Waals surface area contributed by atoms with Gasteiger partial charge in [-0.25, -0.2) is 4.68 Å². The number of aryl methyl sites for hydroxylation is 2. The first kappa shape index (κ1) is 13.3. The maximum absolute atomic E-state index is 4.37. The summed E-state index contributed by atoms with van der Waals surface area (Å²) in [7, 11) is 0. The standard InChI is InChI=1S/C13H16N8/c1-3-8-20-12(14-17-19-20)9-21-16-13(15-18-21)11-6-4-10(2)5-7-11/h4-7H,3,8-9H2,1-2H3. The van der Waals surface area contributed by atoms with E-state index in [-0.39, 0.29) is 0 Å². The molecule has 0 aliphatic carbocycles. The van der Waals surface area contributed by atoms with Gasteiger partial charge < -0.3 is 0 Å². The minimum absolute atomic E-state index is 0.409. The monoisotopic (exact) mass is 284 g/mol. The van der Waals surface area contributed by atoms with Crippen molar-refractivity contribution in [2.45, 2.75) is 33.4 Å². The molecule has 0 atom stereocenters. The number of hydrogen-bond donors (Lipinski definition) is 0. The summed E-state index contributed by atoms with van der Waals surface area (Å²) in [5.41, 5.74) is 2.14. The van der Waals surface area contributed by atoms with Crippen LogP contribution in [0.15, 0.2) is 24.3 Å². The quantitative estimate of drug-likeness (QED) is 0.697. The lowest BCUT2D eigenvalue weighted by Gasteiger charge is -2.00. The molecule has 1 aromatic carbocycles. The van der Waals surface area contributed by atoms with Crippen LogP contribution in [0.25, 0.3) is 11.4 Å². The molecule has 8 heteroatoms. The van der Waals surface area contributed by atoms with Gasteiger partial charge in [0, 0.05) is 12.1 Å². The van der Waals surface area contributed by atoms with E-state index in [0.29, 0.717) is 12.4 Å². The average molecular weight is 284 g/mol. The Kier molecular flexibility index (Phi) is 3.67. The molecule has 108 valence electrons. The van der Waals surface area contributed by atoms with E-state index in [9.17, 15) is 0 Å². The third kappa shape index (κ3) is 2.93. The molecule has 0 radical (unpaired) electrons. The Morgan fingerprint density at radius 1 is 1.05 bits per heavy atom. The van der Waals surface area contributed by atoms with E-state index in [0.717, 1.165) is 24.4 Å². The van der Waals surface area contributed by atoms with Gasteiger partial charge in [0.25, 0.3) is 0 Å². The first-order valence-corrected chi connectivity index (χ1v) is 6.86. The van der Waals surface area contributed by atoms with Crippen molar-refractivity contribution >= 4 is 0 Å². The molecular formula is C13H16N8. The second-order valence-corrected chi connectivity index (χ2v) is 4.83. The summed E-state index contributed by atoms with van der Waals surface area (Å²) in [5, 5.41) is 24.1. The average Bonchev–Trinajstić information content (AvgIpc) is 3.11. The summed E-state index contributed by atoms with van der Waals surface area (Å²) in [6.45, 7) is 5.31. The minimum Gasteiger partial charge on any atom is -0.228 e. The van der Waals surface area contributed by atoms with Crippen LogP contribution in [0.2, 0.25) is 0 Å². The van der Waals surface area contributed by atoms with Crippen molar-refractivity contribution < 1.29 is 0 Å². The van der Waals surface area contributed by atoms with E-state index in [1.54, 1.807) is 4.68 Å². The fourth-order valence-electron chi connectivity index (χ4n) is 1.98. The smallest absolute Gasteiger partial charge is 0.204 e. The van der Waals surface area contributed by atoms with Crippen molar-refractivity contribution in [3.63, 3.8) is 0 Å². The lowest BCUT2D eigenvalue weighted by Crippen LogP contribution is -2.12. The Bertz CT molecular complexity index is 712. The van der Waals surface area contributed by atoms with Crippen molar-refractivity contribution in [1.82, 2.24) is 40.4 Å². The molecule has 0 bridgehead atoms. The van der Waals surface area contributed by atoms with Crippen LogP contribution in [-0.4, -0.2) is 40.4 Å². The maximum atomic E-state index is 4.37. The summed E-state index contributed by atoms with van der Waals surface area (Å²) in [5.74, 6) is 1.33. The third-order valence-electron chi connectivity index (χ3n) is 3.09. The number of rotatable bonds is 5. The van der Waals surface area contributed by atoms with Gasteiger partial charge in [-0.3, -0.25) is 0 Å². The second kappa shape index (κ2) is 5.78. The molecule has 0 spiro atoms. The molecule has 0 aliphatic heterocycles. The molecule has 0 fully saturated rings. The van der Waals surface area contributed by atoms with Crippen LogP contribution in [-0.2, 0) is 13.1 Å². The third-order valence-corrected chi connectivity index (χ3v) is 3.09. The fourth-order valence-corrected chi connectivity index (χ4v) is 1.98. The van der Waals surface area contributed by atoms with Gasteiger partial charge in [0.1, 0.15) is 6.54 Å². The van der Waals surface area contributed by atoms with Gasteiger partial charge in [0.15, 0.2) is 5.82 Å². The minimum atomic E-state index is 0.409. The zero-order chi connectivity index (χ0) is 14.7. The van der Waals surface area contributed by atoms with Crippen molar-refractivity contribution in [1.29, 1.82) is 0 Å². The van der Waals surface area contributed by atoms with E-state index < -0.39 is 0 Å². The second-order valence-electron chi connectivity index (χ2n) is 4.83. The number of benzene rings is 1. The predicted octanol–water partition coefficient (Wildman–Crippen LogP) is 1.09. The maximum Gasteiger partial charge on any atom is 0.204 e. The van der Waals surface area contributed by atoms with Gasteiger partial charge in [0.05, 0.1) is 0 Å². The molecule has 3 rings (SSSR count). The van der Waals surface area contributed by atoms with Crippen molar-refractivity contribution in [3.8, 4) is 11.4 Å². The zero-order valence-corrected chi connectivity index (χ0v) is 12.0. The largest absolute Gasteiger partial charge is 0.228 e. The molecule has 0 aliphatic rings. The Morgan fingerprint density at radius 2 is 1.86 bits per heavy atom. The van der Waals surface area contributed by atoms with Crippen LogP contribution >= 0.6 is 0 Å². The highest BCUT2D eigenvalue weighted by Gasteiger charge is 2.10. The number of tetrazole rings is 2. The molecule has 0 unspecified atom stereocenters. The lowest BCUT2D eigenvalue weighted by molar-refractivity contribution is 0.500. The van der Waals surface area contributed by atoms with Crippen LogP contribution in [0.5, 0.6) is 0 Å². The van der Waals surface area contributed by atoms with Gasteiger partial charge in [0.2, 0.25) is 5.82 Å². The van der Waals surface area contributed by atoms with Crippen LogP contribution in [0.4, 0.5) is 0 Å². The number of nitrogens with zero attached hydrogens (tertiary/aromatic N) is 8. The Morgan fingerprint density at radius 3 is 2.62 bits per heavy atom. The van der Waals surface area contributed by atoms with Crippen molar-refractivity contribution in [2.24, 2.45) is 0 Å². The van der Waals surface area contributed by atoms with E-state index in [1.807, 2.05) is 31.2 Å². The Labute approximate surface area is 121 Å². The van der Waals surface area contributed by atoms with Crippen molar-refractivity contribution in [3.05, 3.63) is 35.7 Å². The summed E-state index contributed by atoms with van der Waals surface area (Å²) in [6, 6.07) is 8.02. The topological polar surface area (TPSA) is 87.2 Å². The van der Waals surface area contributed by atoms with Gasteiger partial charge >= 0.3 is 0 Å². The highest BCUT2D eigenvalue weighted by molar-refractivity contribution is 5.53. The number of hydrogen-bond acceptors (Lipinski definition) is 6. The lowest BCUT2D eigenvalue weighted by atomic mass is 10.1. The Hall–Kier alpha value is -2.64. The molecule has 0 saturated carbocycles. The highest BCUT2D eigenvalue weighted by atomic mass is 15.6. The van der Waals surface area contributed by atoms with E-state index in [4.69, 9.17) is 0 Å². The molecule has 0 N–H and O–H groups in total. The summed E-state index contributed by atoms with van der Waals surface area (Å²) < 4.78 is 1.76. The molecular weight excluding hydrogens is 268 g/mol. The van der Waals surface area contributed by atoms with Crippen molar-refractivity contribution in [2.75, 3.05) is 0 Å². The predicted molar refractivity (Wildman–Crippen MR) is 75.2 cm³/mol. The van der Waals surface area contributed by atoms with Gasteiger partial charge in [-0.15, -0.1) is 15.3 Å². The van der Waals surface area contributed by atoms with E-state index in [2.05, 4.69) is 37.9 Å². The fraction of sp³-hybridized carbons (Fsp3) is 0.385. The van der Waals surface area contributed by atoms with Gasteiger partial charge in [-0.2, -0.15) is 4.80 Å². The molecule has 21 heavy (non-hydrogen) atoms. The normalized spacial score (nSPS) is 11.0. The molecule has 2 aromatic heterocycles. The van der Waals surface area contributed by atoms with Gasteiger partial charge in [-0.1, -0.05) is 36.8 Å². The summed E-state index contributed by atoms with van der Waals surface area (Å²) in [6.07, 6.45) is 0.970. The summed E-state index contributed by atoms with van der Waals surface area (Å²) >= 11 is 0. The molecule has 0 saturated heterocycles. The first-order chi connectivity index (χ1) is 10.3. The highest BCUT2D eigenvalue weighted by Crippen LogP contribution is 2.14. The van der Waals surface area contributed by atoms with Crippen LogP contribution < -0.4 is 0 Å². The molecule has 8 nitrogen and oxygen atoms in total. The van der Waals surface area contributed by atoms with Crippen LogP contribution in [0, 0.1) is 6.92 Å². The molecule has 3 aromatic rings. The van der Waals surface area contributed by atoms with Gasteiger partial charge in [-0.05, 0) is 29.0 Å². The van der Waals surface area contributed by atoms with Crippen LogP contribution in [0.3, 0.4) is 0 Å². The summed E-state index contributed by atoms with van der Waals surface area (Å²) in [4.78, 5) is 1.51. The van der Waals surface area contributed by atoms with Crippen LogP contribution in [0.1, 0.15) is 24.7 Å². The van der Waals surface area contributed by atoms with E-state index >= 15 is 0 Å². The number of aromatic nitrogens is 8. The zero-order valence-electron chi connectivity index (χ0n) is 12.0. The van der Waals surface area contributed by atoms with E-state index in [1.165, 1.54) is 10.4 Å². The Balaban J connectivity index is 1.78. The molecule has 2 heterocycles. The first-order valence-electron chi connectivity index (χ1n) is 6.86.